The number of aromatic nitrogens is 1. The number of rotatable bonds is 10. The quantitative estimate of drug-likeness (QED) is 0.232. The second-order valence-electron chi connectivity index (χ2n) is 9.59. The second kappa shape index (κ2) is 13.1. The number of hydrogen-bond acceptors (Lipinski definition) is 8. The summed E-state index contributed by atoms with van der Waals surface area (Å²) < 4.78 is 5.41. The Morgan fingerprint density at radius 3 is 2.62 bits per heavy atom. The van der Waals surface area contributed by atoms with Gasteiger partial charge < -0.3 is 36.2 Å². The number of nitrogens with two attached hydrogens (primary N) is 1. The number of anilines is 5. The number of morpholine rings is 1. The van der Waals surface area contributed by atoms with Gasteiger partial charge in [-0.2, -0.15) is 0 Å². The number of carbonyl (C=O) groups excluding carboxylic acids is 2. The maximum absolute atomic E-state index is 13.2. The van der Waals surface area contributed by atoms with Gasteiger partial charge in [0.05, 0.1) is 18.8 Å². The zero-order chi connectivity index (χ0) is 27.8. The van der Waals surface area contributed by atoms with Crippen LogP contribution < -0.4 is 31.5 Å². The third-order valence-electron chi connectivity index (χ3n) is 6.73. The highest BCUT2D eigenvalue weighted by Gasteiger charge is 2.17. The van der Waals surface area contributed by atoms with E-state index in [2.05, 4.69) is 30.7 Å². The minimum atomic E-state index is -0.311. The minimum absolute atomic E-state index is 0.258. The van der Waals surface area contributed by atoms with Crippen molar-refractivity contribution < 1.29 is 14.3 Å². The Labute approximate surface area is 229 Å². The summed E-state index contributed by atoms with van der Waals surface area (Å²) in [5.74, 6) is 0.176. The van der Waals surface area contributed by atoms with E-state index in [9.17, 15) is 9.59 Å². The normalized spacial score (nSPS) is 13.2. The summed E-state index contributed by atoms with van der Waals surface area (Å²) in [5.41, 5.74) is 10.4. The van der Waals surface area contributed by atoms with Crippen LogP contribution in [0.2, 0.25) is 0 Å². The molecule has 10 heteroatoms. The summed E-state index contributed by atoms with van der Waals surface area (Å²) in [6, 6.07) is 14.3. The second-order valence-corrected chi connectivity index (χ2v) is 9.59. The molecule has 0 radical (unpaired) electrons. The smallest absolute Gasteiger partial charge is 0.257 e. The molecule has 0 saturated carbocycles. The molecule has 206 valence electrons. The van der Waals surface area contributed by atoms with Gasteiger partial charge in [0.15, 0.2) is 0 Å². The summed E-state index contributed by atoms with van der Waals surface area (Å²) in [4.78, 5) is 34.9. The lowest BCUT2D eigenvalue weighted by Crippen LogP contribution is -2.36. The SMILES string of the molecule is CNCCCN(C)c1ccc(N)c(C(=O)Nc2cc(NC(=O)c3ccnc(N4CCOCC4)c3)ccc2C)c1. The van der Waals surface area contributed by atoms with Crippen molar-refractivity contribution in [1.82, 2.24) is 10.3 Å². The Bertz CT molecular complexity index is 1310. The van der Waals surface area contributed by atoms with Gasteiger partial charge >= 0.3 is 0 Å². The third-order valence-corrected chi connectivity index (χ3v) is 6.73. The average Bonchev–Trinajstić information content (AvgIpc) is 2.95. The Morgan fingerprint density at radius 1 is 1.05 bits per heavy atom. The number of amides is 2. The summed E-state index contributed by atoms with van der Waals surface area (Å²) in [5, 5.41) is 9.04. The molecule has 39 heavy (non-hydrogen) atoms. The van der Waals surface area contributed by atoms with Crippen LogP contribution in [-0.4, -0.2) is 70.3 Å². The Hall–Kier alpha value is -4.15. The first-order chi connectivity index (χ1) is 18.9. The standard InChI is InChI=1S/C29H37N7O3/c1-20-5-6-22(33-28(37)21-9-11-32-27(17-21)36-13-15-39-16-14-36)18-26(20)34-29(38)24-19-23(7-8-25(24)30)35(3)12-4-10-31-2/h5-9,11,17-19,31H,4,10,12-16,30H2,1-3H3,(H,33,37)(H,34,38). The van der Waals surface area contributed by atoms with Crippen molar-refractivity contribution in [3.63, 3.8) is 0 Å². The van der Waals surface area contributed by atoms with E-state index in [1.165, 1.54) is 0 Å². The summed E-state index contributed by atoms with van der Waals surface area (Å²) >= 11 is 0. The highest BCUT2D eigenvalue weighted by molar-refractivity contribution is 6.09. The first kappa shape index (κ1) is 27.9. The van der Waals surface area contributed by atoms with Gasteiger partial charge in [-0.05, 0) is 75.0 Å². The van der Waals surface area contributed by atoms with Crippen LogP contribution in [0.5, 0.6) is 0 Å². The summed E-state index contributed by atoms with van der Waals surface area (Å²) in [7, 11) is 3.92. The van der Waals surface area contributed by atoms with Gasteiger partial charge in [-0.3, -0.25) is 9.59 Å². The van der Waals surface area contributed by atoms with E-state index in [0.717, 1.165) is 49.7 Å². The highest BCUT2D eigenvalue weighted by Crippen LogP contribution is 2.25. The molecule has 3 aromatic rings. The number of hydrogen-bond donors (Lipinski definition) is 4. The molecular formula is C29H37N7O3. The van der Waals surface area contributed by atoms with Gasteiger partial charge in [0.2, 0.25) is 0 Å². The third kappa shape index (κ3) is 7.24. The Kier molecular flexibility index (Phi) is 9.35. The number of pyridine rings is 1. The molecule has 0 bridgehead atoms. The number of aryl methyl sites for hydroxylation is 1. The predicted molar refractivity (Wildman–Crippen MR) is 157 cm³/mol. The number of nitrogens with one attached hydrogen (secondary N) is 3. The van der Waals surface area contributed by atoms with E-state index in [0.29, 0.717) is 41.4 Å². The molecule has 2 amide bonds. The van der Waals surface area contributed by atoms with Crippen molar-refractivity contribution in [2.45, 2.75) is 13.3 Å². The summed E-state index contributed by atoms with van der Waals surface area (Å²) in [6.07, 6.45) is 2.61. The highest BCUT2D eigenvalue weighted by atomic mass is 16.5. The number of nitrogens with zero attached hydrogens (tertiary/aromatic N) is 3. The van der Waals surface area contributed by atoms with Gasteiger partial charge in [0, 0.05) is 61.2 Å². The fourth-order valence-electron chi connectivity index (χ4n) is 4.35. The van der Waals surface area contributed by atoms with Crippen LogP contribution in [0.3, 0.4) is 0 Å². The van der Waals surface area contributed by atoms with Crippen LogP contribution in [0.4, 0.5) is 28.6 Å². The maximum atomic E-state index is 13.2. The largest absolute Gasteiger partial charge is 0.398 e. The Balaban J connectivity index is 1.46. The first-order valence-electron chi connectivity index (χ1n) is 13.1. The van der Waals surface area contributed by atoms with Crippen LogP contribution in [0, 0.1) is 6.92 Å². The van der Waals surface area contributed by atoms with Crippen molar-refractivity contribution in [3.8, 4) is 0 Å². The summed E-state index contributed by atoms with van der Waals surface area (Å²) in [6.45, 7) is 6.40. The number of nitrogen functional groups attached to an aromatic ring is 1. The average molecular weight is 532 g/mol. The van der Waals surface area contributed by atoms with Gasteiger partial charge in [0.25, 0.3) is 11.8 Å². The molecule has 2 aromatic carbocycles. The lowest BCUT2D eigenvalue weighted by atomic mass is 10.1. The Morgan fingerprint density at radius 2 is 1.85 bits per heavy atom. The van der Waals surface area contributed by atoms with E-state index < -0.39 is 0 Å². The zero-order valence-electron chi connectivity index (χ0n) is 22.8. The van der Waals surface area contributed by atoms with E-state index in [-0.39, 0.29) is 11.8 Å². The van der Waals surface area contributed by atoms with Gasteiger partial charge in [-0.25, -0.2) is 4.98 Å². The van der Waals surface area contributed by atoms with Crippen molar-refractivity contribution in [1.29, 1.82) is 0 Å². The molecule has 4 rings (SSSR count). The zero-order valence-corrected chi connectivity index (χ0v) is 22.8. The molecule has 0 aliphatic carbocycles. The van der Waals surface area contributed by atoms with Gasteiger partial charge in [-0.1, -0.05) is 6.07 Å². The molecule has 1 fully saturated rings. The van der Waals surface area contributed by atoms with Gasteiger partial charge in [0.1, 0.15) is 5.82 Å². The fraction of sp³-hybridized carbons (Fsp3) is 0.345. The number of carbonyl (C=O) groups is 2. The van der Waals surface area contributed by atoms with E-state index in [4.69, 9.17) is 10.5 Å². The molecule has 10 nitrogen and oxygen atoms in total. The first-order valence-corrected chi connectivity index (χ1v) is 13.1. The van der Waals surface area contributed by atoms with Crippen molar-refractivity contribution in [2.24, 2.45) is 0 Å². The molecule has 2 heterocycles. The lowest BCUT2D eigenvalue weighted by Gasteiger charge is -2.27. The lowest BCUT2D eigenvalue weighted by molar-refractivity contribution is 0.101. The number of ether oxygens (including phenoxy) is 1. The van der Waals surface area contributed by atoms with Crippen LogP contribution in [-0.2, 0) is 4.74 Å². The number of benzene rings is 2. The molecule has 1 aliphatic heterocycles. The van der Waals surface area contributed by atoms with E-state index >= 15 is 0 Å². The monoisotopic (exact) mass is 531 g/mol. The molecule has 1 aliphatic rings. The van der Waals surface area contributed by atoms with E-state index in [1.54, 1.807) is 36.5 Å². The van der Waals surface area contributed by atoms with Crippen molar-refractivity contribution in [2.75, 3.05) is 79.7 Å². The van der Waals surface area contributed by atoms with Crippen molar-refractivity contribution >= 4 is 40.4 Å². The maximum Gasteiger partial charge on any atom is 0.257 e. The topological polar surface area (TPSA) is 125 Å². The predicted octanol–water partition coefficient (Wildman–Crippen LogP) is 3.36. The molecule has 0 atom stereocenters. The molecule has 1 saturated heterocycles. The van der Waals surface area contributed by atoms with Gasteiger partial charge in [-0.15, -0.1) is 0 Å². The molecule has 5 N–H and O–H groups in total. The fourth-order valence-corrected chi connectivity index (χ4v) is 4.35. The molecule has 0 spiro atoms. The van der Waals surface area contributed by atoms with Crippen LogP contribution in [0.15, 0.2) is 54.7 Å². The van der Waals surface area contributed by atoms with Crippen LogP contribution in [0.25, 0.3) is 0 Å². The molecule has 1 aromatic heterocycles. The van der Waals surface area contributed by atoms with Crippen molar-refractivity contribution in [3.05, 3.63) is 71.4 Å². The van der Waals surface area contributed by atoms with Crippen LogP contribution in [0.1, 0.15) is 32.7 Å². The minimum Gasteiger partial charge on any atom is -0.398 e. The molecular weight excluding hydrogens is 494 g/mol. The van der Waals surface area contributed by atoms with Crippen LogP contribution >= 0.6 is 0 Å². The molecule has 0 unspecified atom stereocenters. The van der Waals surface area contributed by atoms with E-state index in [1.807, 2.05) is 39.2 Å².